The molecule has 6 heteroatoms. The van der Waals surface area contributed by atoms with Crippen LogP contribution >= 0.6 is 46.4 Å². The van der Waals surface area contributed by atoms with Crippen molar-refractivity contribution in [3.8, 4) is 0 Å². The first-order valence-electron chi connectivity index (χ1n) is 4.81. The summed E-state index contributed by atoms with van der Waals surface area (Å²) in [5.74, 6) is -0.270. The molecular formula is C11H12ClIN2OS. The summed E-state index contributed by atoms with van der Waals surface area (Å²) in [7, 11) is 0. The van der Waals surface area contributed by atoms with E-state index in [-0.39, 0.29) is 10.9 Å². The number of nitrogens with two attached hydrogens (primary N) is 1. The Labute approximate surface area is 124 Å². The summed E-state index contributed by atoms with van der Waals surface area (Å²) in [5.41, 5.74) is 5.18. The van der Waals surface area contributed by atoms with E-state index in [0.717, 1.165) is 3.57 Å². The fraction of sp³-hybridized carbons (Fsp3) is 0.273. The second-order valence-electron chi connectivity index (χ2n) is 4.07. The van der Waals surface area contributed by atoms with Crippen molar-refractivity contribution >= 4 is 63.0 Å². The van der Waals surface area contributed by atoms with Gasteiger partial charge in [-0.05, 0) is 54.6 Å². The maximum Gasteiger partial charge on any atom is 0.236 e. The molecule has 0 aliphatic heterocycles. The molecule has 1 aromatic carbocycles. The topological polar surface area (TPSA) is 55.1 Å². The normalized spacial score (nSPS) is 11.1. The van der Waals surface area contributed by atoms with E-state index < -0.39 is 5.41 Å². The average Bonchev–Trinajstić information content (AvgIpc) is 2.21. The van der Waals surface area contributed by atoms with Crippen molar-refractivity contribution < 1.29 is 4.79 Å². The molecular weight excluding hydrogens is 371 g/mol. The van der Waals surface area contributed by atoms with Gasteiger partial charge in [0.2, 0.25) is 5.91 Å². The third kappa shape index (κ3) is 3.53. The smallest absolute Gasteiger partial charge is 0.236 e. The molecule has 0 radical (unpaired) electrons. The molecule has 92 valence electrons. The second-order valence-corrected chi connectivity index (χ2v) is 6.16. The maximum absolute atomic E-state index is 12.0. The van der Waals surface area contributed by atoms with Crippen molar-refractivity contribution in [1.82, 2.24) is 0 Å². The predicted molar refractivity (Wildman–Crippen MR) is 83.4 cm³/mol. The van der Waals surface area contributed by atoms with Gasteiger partial charge in [0.1, 0.15) is 0 Å². The summed E-state index contributed by atoms with van der Waals surface area (Å²) in [6.45, 7) is 3.34. The lowest BCUT2D eigenvalue weighted by molar-refractivity contribution is -0.121. The number of thiocarbonyl (C=S) groups is 1. The minimum atomic E-state index is -0.901. The second kappa shape index (κ2) is 5.49. The standard InChI is InChI=1S/C11H12ClIN2OS/c1-11(2,9(14)17)10(16)15-8-4-3-6(13)5-7(8)12/h3-5H,1-2H3,(H2,14,17)(H,15,16). The summed E-state index contributed by atoms with van der Waals surface area (Å²) in [6.07, 6.45) is 0. The van der Waals surface area contributed by atoms with Gasteiger partial charge in [0.25, 0.3) is 0 Å². The zero-order valence-corrected chi connectivity index (χ0v) is 13.1. The number of benzene rings is 1. The van der Waals surface area contributed by atoms with Crippen LogP contribution in [0.15, 0.2) is 18.2 Å². The molecule has 0 atom stereocenters. The molecule has 3 nitrogen and oxygen atoms in total. The highest BCUT2D eigenvalue weighted by molar-refractivity contribution is 14.1. The molecule has 0 heterocycles. The Morgan fingerprint density at radius 2 is 2.12 bits per heavy atom. The van der Waals surface area contributed by atoms with Gasteiger partial charge < -0.3 is 11.1 Å². The molecule has 0 unspecified atom stereocenters. The number of rotatable bonds is 3. The van der Waals surface area contributed by atoms with E-state index in [1.165, 1.54) is 0 Å². The number of hydrogen-bond acceptors (Lipinski definition) is 2. The monoisotopic (exact) mass is 382 g/mol. The highest BCUT2D eigenvalue weighted by Crippen LogP contribution is 2.26. The number of hydrogen-bond donors (Lipinski definition) is 2. The van der Waals surface area contributed by atoms with E-state index in [2.05, 4.69) is 27.9 Å². The lowest BCUT2D eigenvalue weighted by Gasteiger charge is -2.22. The minimum absolute atomic E-state index is 0.150. The van der Waals surface area contributed by atoms with Crippen LogP contribution in [-0.4, -0.2) is 10.9 Å². The Kier molecular flexibility index (Phi) is 4.74. The van der Waals surface area contributed by atoms with Crippen molar-refractivity contribution in [2.45, 2.75) is 13.8 Å². The fourth-order valence-corrected chi connectivity index (χ4v) is 1.98. The zero-order valence-electron chi connectivity index (χ0n) is 9.38. The van der Waals surface area contributed by atoms with Gasteiger partial charge in [0.15, 0.2) is 0 Å². The molecule has 0 saturated heterocycles. The highest BCUT2D eigenvalue weighted by Gasteiger charge is 2.31. The highest BCUT2D eigenvalue weighted by atomic mass is 127. The summed E-state index contributed by atoms with van der Waals surface area (Å²) >= 11 is 13.0. The van der Waals surface area contributed by atoms with Crippen LogP contribution in [0.5, 0.6) is 0 Å². The first-order valence-corrected chi connectivity index (χ1v) is 6.68. The summed E-state index contributed by atoms with van der Waals surface area (Å²) in [6, 6.07) is 5.37. The maximum atomic E-state index is 12.0. The van der Waals surface area contributed by atoms with Crippen molar-refractivity contribution in [2.24, 2.45) is 11.1 Å². The fourth-order valence-electron chi connectivity index (χ4n) is 0.981. The molecule has 1 rings (SSSR count). The van der Waals surface area contributed by atoms with Gasteiger partial charge in [-0.1, -0.05) is 23.8 Å². The van der Waals surface area contributed by atoms with Gasteiger partial charge in [-0.25, -0.2) is 0 Å². The van der Waals surface area contributed by atoms with E-state index >= 15 is 0 Å². The zero-order chi connectivity index (χ0) is 13.2. The van der Waals surface area contributed by atoms with E-state index in [1.54, 1.807) is 26.0 Å². The number of amides is 1. The van der Waals surface area contributed by atoms with Gasteiger partial charge in [0, 0.05) is 3.57 Å². The Bertz CT molecular complexity index is 477. The van der Waals surface area contributed by atoms with Crippen LogP contribution < -0.4 is 11.1 Å². The molecule has 0 saturated carbocycles. The molecule has 0 spiro atoms. The van der Waals surface area contributed by atoms with Crippen LogP contribution in [0.4, 0.5) is 5.69 Å². The molecule has 1 aromatic rings. The van der Waals surface area contributed by atoms with E-state index in [4.69, 9.17) is 29.6 Å². The summed E-state index contributed by atoms with van der Waals surface area (Å²) in [5, 5.41) is 3.21. The number of carbonyl (C=O) groups excluding carboxylic acids is 1. The number of anilines is 1. The predicted octanol–water partition coefficient (Wildman–Crippen LogP) is 3.20. The van der Waals surface area contributed by atoms with E-state index in [0.29, 0.717) is 10.7 Å². The molecule has 0 aromatic heterocycles. The van der Waals surface area contributed by atoms with Crippen LogP contribution in [-0.2, 0) is 4.79 Å². The molecule has 0 fully saturated rings. The summed E-state index contributed by atoms with van der Waals surface area (Å²) < 4.78 is 0.999. The van der Waals surface area contributed by atoms with Gasteiger partial charge in [0.05, 0.1) is 21.1 Å². The third-order valence-corrected chi connectivity index (χ3v) is 3.86. The molecule has 3 N–H and O–H groups in total. The third-order valence-electron chi connectivity index (χ3n) is 2.36. The first-order chi connectivity index (χ1) is 7.75. The van der Waals surface area contributed by atoms with Crippen LogP contribution in [0.1, 0.15) is 13.8 Å². The van der Waals surface area contributed by atoms with Crippen molar-refractivity contribution in [1.29, 1.82) is 0 Å². The van der Waals surface area contributed by atoms with Gasteiger partial charge in [-0.15, -0.1) is 0 Å². The van der Waals surface area contributed by atoms with Crippen molar-refractivity contribution in [3.05, 3.63) is 26.8 Å². The van der Waals surface area contributed by atoms with E-state index in [1.807, 2.05) is 6.07 Å². The average molecular weight is 383 g/mol. The van der Waals surface area contributed by atoms with Crippen LogP contribution in [0, 0.1) is 8.99 Å². The largest absolute Gasteiger partial charge is 0.392 e. The number of halogens is 2. The van der Waals surface area contributed by atoms with E-state index in [9.17, 15) is 4.79 Å². The first kappa shape index (κ1) is 14.7. The van der Waals surface area contributed by atoms with Crippen LogP contribution in [0.3, 0.4) is 0 Å². The van der Waals surface area contributed by atoms with Crippen molar-refractivity contribution in [2.75, 3.05) is 5.32 Å². The Balaban J connectivity index is 2.92. The van der Waals surface area contributed by atoms with Crippen LogP contribution in [0.2, 0.25) is 5.02 Å². The minimum Gasteiger partial charge on any atom is -0.392 e. The van der Waals surface area contributed by atoms with Crippen LogP contribution in [0.25, 0.3) is 0 Å². The Morgan fingerprint density at radius 1 is 1.53 bits per heavy atom. The molecule has 0 bridgehead atoms. The molecule has 0 aliphatic rings. The molecule has 1 amide bonds. The SMILES string of the molecule is CC(C)(C(=O)Nc1ccc(I)cc1Cl)C(N)=S. The lowest BCUT2D eigenvalue weighted by atomic mass is 9.92. The van der Waals surface area contributed by atoms with Gasteiger partial charge in [-0.2, -0.15) is 0 Å². The van der Waals surface area contributed by atoms with Gasteiger partial charge in [-0.3, -0.25) is 4.79 Å². The quantitative estimate of drug-likeness (QED) is 0.623. The molecule has 0 aliphatic carbocycles. The Morgan fingerprint density at radius 3 is 2.59 bits per heavy atom. The number of carbonyl (C=O) groups is 1. The summed E-state index contributed by atoms with van der Waals surface area (Å²) in [4.78, 5) is 12.1. The Hall–Kier alpha value is -0.400. The molecule has 17 heavy (non-hydrogen) atoms. The van der Waals surface area contributed by atoms with Gasteiger partial charge >= 0.3 is 0 Å². The van der Waals surface area contributed by atoms with Crippen molar-refractivity contribution in [3.63, 3.8) is 0 Å². The lowest BCUT2D eigenvalue weighted by Crippen LogP contribution is -2.41. The number of nitrogens with one attached hydrogen (secondary N) is 1.